The molecule has 0 aliphatic carbocycles. The number of hydrogen-bond acceptors (Lipinski definition) is 3. The van der Waals surface area contributed by atoms with E-state index < -0.39 is 0 Å². The molecule has 0 saturated carbocycles. The molecule has 2 aromatic heterocycles. The molecule has 5 nitrogen and oxygen atoms in total. The molecular formula is C20H22N4O. The predicted octanol–water partition coefficient (Wildman–Crippen LogP) is 3.39. The summed E-state index contributed by atoms with van der Waals surface area (Å²) in [6, 6.07) is 11.9. The van der Waals surface area contributed by atoms with Crippen molar-refractivity contribution in [2.45, 2.75) is 32.2 Å². The number of anilines is 1. The Kier molecular flexibility index (Phi) is 4.24. The van der Waals surface area contributed by atoms with E-state index in [-0.39, 0.29) is 11.9 Å². The number of carbonyl (C=O) groups is 1. The Hall–Kier alpha value is -2.66. The lowest BCUT2D eigenvalue weighted by Gasteiger charge is -2.22. The monoisotopic (exact) mass is 334 g/mol. The molecule has 128 valence electrons. The quantitative estimate of drug-likeness (QED) is 0.772. The molecule has 1 amide bonds. The standard InChI is InChI=1S/C20H22N4O/c1-14-5-4-12-24-13-18(23-19(14)24)15-7-9-16(10-8-15)22-20(25)17-6-2-3-11-21-17/h4-5,7-10,12-13,17,21H,2-3,6,11H2,1H3,(H,22,25)/t17-/m1/s1. The van der Waals surface area contributed by atoms with Crippen LogP contribution in [-0.2, 0) is 4.79 Å². The molecule has 1 fully saturated rings. The number of aromatic nitrogens is 2. The number of benzene rings is 1. The number of carbonyl (C=O) groups excluding carboxylic acids is 1. The molecule has 0 spiro atoms. The van der Waals surface area contributed by atoms with Crippen molar-refractivity contribution in [1.82, 2.24) is 14.7 Å². The summed E-state index contributed by atoms with van der Waals surface area (Å²) in [4.78, 5) is 17.0. The van der Waals surface area contributed by atoms with E-state index in [4.69, 9.17) is 4.98 Å². The smallest absolute Gasteiger partial charge is 0.241 e. The molecule has 0 bridgehead atoms. The van der Waals surface area contributed by atoms with Gasteiger partial charge in [0.15, 0.2) is 0 Å². The molecule has 1 aliphatic heterocycles. The van der Waals surface area contributed by atoms with Crippen LogP contribution in [0.2, 0.25) is 0 Å². The summed E-state index contributed by atoms with van der Waals surface area (Å²) in [5.74, 6) is 0.0517. The first-order chi connectivity index (χ1) is 12.2. The summed E-state index contributed by atoms with van der Waals surface area (Å²) in [7, 11) is 0. The second kappa shape index (κ2) is 6.69. The van der Waals surface area contributed by atoms with Crippen LogP contribution in [0.5, 0.6) is 0 Å². The SMILES string of the molecule is Cc1cccn2cc(-c3ccc(NC(=O)[C@H]4CCCCN4)cc3)nc12. The number of hydrogen-bond donors (Lipinski definition) is 2. The zero-order chi connectivity index (χ0) is 17.2. The minimum atomic E-state index is -0.0742. The van der Waals surface area contributed by atoms with E-state index in [1.54, 1.807) is 0 Å². The van der Waals surface area contributed by atoms with Crippen molar-refractivity contribution in [2.24, 2.45) is 0 Å². The molecule has 0 radical (unpaired) electrons. The Labute approximate surface area is 147 Å². The third kappa shape index (κ3) is 3.28. The van der Waals surface area contributed by atoms with Crippen molar-refractivity contribution >= 4 is 17.2 Å². The van der Waals surface area contributed by atoms with Gasteiger partial charge in [0.1, 0.15) is 5.65 Å². The van der Waals surface area contributed by atoms with Crippen LogP contribution in [-0.4, -0.2) is 27.9 Å². The van der Waals surface area contributed by atoms with E-state index in [1.165, 1.54) is 0 Å². The third-order valence-electron chi connectivity index (χ3n) is 4.75. The summed E-state index contributed by atoms with van der Waals surface area (Å²) >= 11 is 0. The first kappa shape index (κ1) is 15.8. The van der Waals surface area contributed by atoms with E-state index in [0.29, 0.717) is 0 Å². The topological polar surface area (TPSA) is 58.4 Å². The van der Waals surface area contributed by atoms with Gasteiger partial charge in [-0.15, -0.1) is 0 Å². The van der Waals surface area contributed by atoms with Crippen molar-refractivity contribution in [2.75, 3.05) is 11.9 Å². The van der Waals surface area contributed by atoms with E-state index in [1.807, 2.05) is 47.1 Å². The van der Waals surface area contributed by atoms with Crippen molar-refractivity contribution in [3.05, 3.63) is 54.4 Å². The molecule has 2 N–H and O–H groups in total. The Morgan fingerprint density at radius 3 is 2.80 bits per heavy atom. The first-order valence-corrected chi connectivity index (χ1v) is 8.80. The van der Waals surface area contributed by atoms with E-state index in [0.717, 1.165) is 54.0 Å². The van der Waals surface area contributed by atoms with Gasteiger partial charge in [0, 0.05) is 23.6 Å². The highest BCUT2D eigenvalue weighted by Crippen LogP contribution is 2.22. The maximum absolute atomic E-state index is 12.3. The molecule has 5 heteroatoms. The van der Waals surface area contributed by atoms with Crippen LogP contribution < -0.4 is 10.6 Å². The van der Waals surface area contributed by atoms with Crippen molar-refractivity contribution in [1.29, 1.82) is 0 Å². The normalized spacial score (nSPS) is 17.6. The fraction of sp³-hybridized carbons (Fsp3) is 0.300. The van der Waals surface area contributed by atoms with Gasteiger partial charge in [-0.1, -0.05) is 24.6 Å². The van der Waals surface area contributed by atoms with Gasteiger partial charge < -0.3 is 15.0 Å². The largest absolute Gasteiger partial charge is 0.325 e. The molecular weight excluding hydrogens is 312 g/mol. The number of amides is 1. The minimum Gasteiger partial charge on any atom is -0.325 e. The Balaban J connectivity index is 1.51. The summed E-state index contributed by atoms with van der Waals surface area (Å²) in [5.41, 5.74) is 4.91. The maximum Gasteiger partial charge on any atom is 0.241 e. The van der Waals surface area contributed by atoms with Crippen LogP contribution in [0.3, 0.4) is 0 Å². The summed E-state index contributed by atoms with van der Waals surface area (Å²) in [6.07, 6.45) is 7.20. The van der Waals surface area contributed by atoms with Gasteiger partial charge >= 0.3 is 0 Å². The van der Waals surface area contributed by atoms with Gasteiger partial charge in [-0.25, -0.2) is 4.98 Å². The second-order valence-electron chi connectivity index (χ2n) is 6.62. The average molecular weight is 334 g/mol. The van der Waals surface area contributed by atoms with Crippen LogP contribution in [0.25, 0.3) is 16.9 Å². The molecule has 0 unspecified atom stereocenters. The number of pyridine rings is 1. The molecule has 1 saturated heterocycles. The van der Waals surface area contributed by atoms with Gasteiger partial charge in [0.05, 0.1) is 11.7 Å². The van der Waals surface area contributed by atoms with Crippen LogP contribution in [0.15, 0.2) is 48.8 Å². The highest BCUT2D eigenvalue weighted by atomic mass is 16.2. The minimum absolute atomic E-state index is 0.0517. The predicted molar refractivity (Wildman–Crippen MR) is 99.6 cm³/mol. The lowest BCUT2D eigenvalue weighted by atomic mass is 10.0. The highest BCUT2D eigenvalue weighted by molar-refractivity contribution is 5.95. The molecule has 1 aliphatic rings. The van der Waals surface area contributed by atoms with Crippen LogP contribution in [0.1, 0.15) is 24.8 Å². The fourth-order valence-corrected chi connectivity index (χ4v) is 3.32. The van der Waals surface area contributed by atoms with Gasteiger partial charge in [-0.05, 0) is 50.1 Å². The summed E-state index contributed by atoms with van der Waals surface area (Å²) in [5, 5.41) is 6.27. The lowest BCUT2D eigenvalue weighted by Crippen LogP contribution is -2.43. The van der Waals surface area contributed by atoms with Crippen LogP contribution in [0, 0.1) is 6.92 Å². The zero-order valence-electron chi connectivity index (χ0n) is 14.3. The Morgan fingerprint density at radius 1 is 1.24 bits per heavy atom. The van der Waals surface area contributed by atoms with Crippen LogP contribution in [0.4, 0.5) is 5.69 Å². The summed E-state index contributed by atoms with van der Waals surface area (Å²) in [6.45, 7) is 2.98. The Bertz CT molecular complexity index is 892. The molecule has 1 aromatic carbocycles. The number of fused-ring (bicyclic) bond motifs is 1. The van der Waals surface area contributed by atoms with E-state index in [9.17, 15) is 4.79 Å². The number of rotatable bonds is 3. The number of imidazole rings is 1. The average Bonchev–Trinajstić information content (AvgIpc) is 3.09. The summed E-state index contributed by atoms with van der Waals surface area (Å²) < 4.78 is 2.04. The molecule has 1 atom stereocenters. The van der Waals surface area contributed by atoms with Crippen molar-refractivity contribution < 1.29 is 4.79 Å². The third-order valence-corrected chi connectivity index (χ3v) is 4.75. The zero-order valence-corrected chi connectivity index (χ0v) is 14.3. The number of nitrogens with one attached hydrogen (secondary N) is 2. The highest BCUT2D eigenvalue weighted by Gasteiger charge is 2.20. The number of piperidine rings is 1. The number of aryl methyl sites for hydroxylation is 1. The maximum atomic E-state index is 12.3. The molecule has 3 heterocycles. The van der Waals surface area contributed by atoms with Gasteiger partial charge in [0.25, 0.3) is 0 Å². The molecule has 25 heavy (non-hydrogen) atoms. The first-order valence-electron chi connectivity index (χ1n) is 8.80. The lowest BCUT2D eigenvalue weighted by molar-refractivity contribution is -0.118. The second-order valence-corrected chi connectivity index (χ2v) is 6.62. The van der Waals surface area contributed by atoms with Crippen LogP contribution >= 0.6 is 0 Å². The van der Waals surface area contributed by atoms with Crippen molar-refractivity contribution in [3.63, 3.8) is 0 Å². The van der Waals surface area contributed by atoms with E-state index >= 15 is 0 Å². The van der Waals surface area contributed by atoms with E-state index in [2.05, 4.69) is 23.6 Å². The van der Waals surface area contributed by atoms with Gasteiger partial charge in [0.2, 0.25) is 5.91 Å². The number of nitrogens with zero attached hydrogens (tertiary/aromatic N) is 2. The molecule has 3 aromatic rings. The van der Waals surface area contributed by atoms with Crippen molar-refractivity contribution in [3.8, 4) is 11.3 Å². The van der Waals surface area contributed by atoms with Gasteiger partial charge in [-0.2, -0.15) is 0 Å². The Morgan fingerprint density at radius 2 is 2.08 bits per heavy atom. The fourth-order valence-electron chi connectivity index (χ4n) is 3.32. The van der Waals surface area contributed by atoms with Gasteiger partial charge in [-0.3, -0.25) is 4.79 Å². The molecule has 4 rings (SSSR count).